The molecule has 1 aliphatic heterocycles. The maximum Gasteiger partial charge on any atom is 0.291 e. The van der Waals surface area contributed by atoms with E-state index in [-0.39, 0.29) is 24.5 Å². The summed E-state index contributed by atoms with van der Waals surface area (Å²) >= 11 is 0.790. The van der Waals surface area contributed by atoms with Crippen molar-refractivity contribution in [2.24, 2.45) is 5.73 Å². The summed E-state index contributed by atoms with van der Waals surface area (Å²) in [4.78, 5) is 6.35. The molecule has 0 amide bonds. The Morgan fingerprint density at radius 1 is 1.30 bits per heavy atom. The van der Waals surface area contributed by atoms with Crippen LogP contribution in [0.3, 0.4) is 0 Å². The predicted molar refractivity (Wildman–Crippen MR) is 93.4 cm³/mol. The fourth-order valence-electron chi connectivity index (χ4n) is 3.17. The number of fused-ring (bicyclic) bond motifs is 1. The van der Waals surface area contributed by atoms with E-state index in [1.54, 1.807) is 4.57 Å². The highest BCUT2D eigenvalue weighted by atomic mass is 32.1. The molecule has 0 radical (unpaired) electrons. The Morgan fingerprint density at radius 3 is 2.81 bits per heavy atom. The summed E-state index contributed by atoms with van der Waals surface area (Å²) in [5, 5.41) is 7.26. The van der Waals surface area contributed by atoms with Crippen LogP contribution in [-0.4, -0.2) is 45.1 Å². The van der Waals surface area contributed by atoms with Crippen molar-refractivity contribution in [3.05, 3.63) is 34.0 Å². The normalized spacial score (nSPS) is 20.7. The van der Waals surface area contributed by atoms with Gasteiger partial charge in [-0.05, 0) is 24.6 Å². The maximum atomic E-state index is 13.8. The minimum atomic E-state index is -2.70. The van der Waals surface area contributed by atoms with Crippen LogP contribution < -0.4 is 10.6 Å². The van der Waals surface area contributed by atoms with Crippen molar-refractivity contribution in [3.8, 4) is 0 Å². The first-order valence-corrected chi connectivity index (χ1v) is 9.15. The number of halogens is 4. The van der Waals surface area contributed by atoms with Gasteiger partial charge < -0.3 is 15.2 Å². The van der Waals surface area contributed by atoms with E-state index in [1.165, 1.54) is 18.2 Å². The number of alkyl halides is 3. The first-order valence-electron chi connectivity index (χ1n) is 8.33. The number of hydrogen-bond donors (Lipinski definition) is 1. The quantitative estimate of drug-likeness (QED) is 0.682. The van der Waals surface area contributed by atoms with E-state index >= 15 is 0 Å². The molecule has 2 N–H and O–H groups in total. The third kappa shape index (κ3) is 3.48. The Bertz CT molecular complexity index is 958. The number of benzene rings is 1. The highest BCUT2D eigenvalue weighted by molar-refractivity contribution is 7.11. The number of hydrogen-bond acceptors (Lipinski definition) is 6. The molecule has 2 aromatic heterocycles. The third-order valence-corrected chi connectivity index (χ3v) is 5.42. The van der Waals surface area contributed by atoms with Gasteiger partial charge in [0.1, 0.15) is 17.0 Å². The summed E-state index contributed by atoms with van der Waals surface area (Å²) in [5.74, 6) is 0.0339. The molecule has 27 heavy (non-hydrogen) atoms. The van der Waals surface area contributed by atoms with Gasteiger partial charge in [-0.2, -0.15) is 0 Å². The predicted octanol–water partition coefficient (Wildman–Crippen LogP) is 2.89. The Labute approximate surface area is 155 Å². The largest absolute Gasteiger partial charge is 0.340 e. The monoisotopic (exact) mass is 400 g/mol. The molecule has 0 bridgehead atoms. The summed E-state index contributed by atoms with van der Waals surface area (Å²) in [7, 11) is 0. The average Bonchev–Trinajstić information content (AvgIpc) is 3.23. The molecule has 3 heterocycles. The van der Waals surface area contributed by atoms with Crippen molar-refractivity contribution >= 4 is 28.3 Å². The number of anilines is 1. The summed E-state index contributed by atoms with van der Waals surface area (Å²) in [5.41, 5.74) is 6.88. The van der Waals surface area contributed by atoms with E-state index in [4.69, 9.17) is 5.73 Å². The van der Waals surface area contributed by atoms with Crippen molar-refractivity contribution in [1.29, 1.82) is 0 Å². The van der Waals surface area contributed by atoms with Crippen LogP contribution in [0.2, 0.25) is 0 Å². The zero-order valence-electron chi connectivity index (χ0n) is 14.0. The minimum absolute atomic E-state index is 0.102. The summed E-state index contributed by atoms with van der Waals surface area (Å²) in [6.07, 6.45) is -3.53. The molecule has 6 nitrogen and oxygen atoms in total. The second-order valence-corrected chi connectivity index (χ2v) is 7.47. The first-order chi connectivity index (χ1) is 12.9. The van der Waals surface area contributed by atoms with Crippen LogP contribution in [0.15, 0.2) is 18.2 Å². The number of nitrogens with two attached hydrogens (primary N) is 1. The second-order valence-electron chi connectivity index (χ2n) is 6.38. The Kier molecular flexibility index (Phi) is 4.72. The molecule has 3 aromatic rings. The molecule has 1 aliphatic rings. The molecule has 0 aliphatic carbocycles. The molecule has 2 atom stereocenters. The maximum absolute atomic E-state index is 13.8. The fourth-order valence-corrected chi connectivity index (χ4v) is 3.86. The fraction of sp³-hybridized carbons (Fsp3) is 0.438. The topological polar surface area (TPSA) is 72.9 Å². The number of aromatic nitrogens is 4. The molecule has 4 rings (SSSR count). The van der Waals surface area contributed by atoms with Gasteiger partial charge in [-0.1, -0.05) is 11.3 Å². The first kappa shape index (κ1) is 18.1. The Hall–Kier alpha value is -2.27. The van der Waals surface area contributed by atoms with E-state index in [9.17, 15) is 17.6 Å². The van der Waals surface area contributed by atoms with Crippen LogP contribution >= 0.6 is 11.3 Å². The van der Waals surface area contributed by atoms with Gasteiger partial charge in [0.15, 0.2) is 5.01 Å². The van der Waals surface area contributed by atoms with Crippen LogP contribution in [-0.2, 0) is 6.54 Å². The summed E-state index contributed by atoms with van der Waals surface area (Å²) in [6, 6.07) is 3.50. The standard InChI is InChI=1S/C16H16F4N6S/c17-8-1-2-11-12(5-8)26(7-13-23-24-15(27-13)14(19)20)16(22-11)25-4-3-9(18)10(21)6-25/h1-2,5,9-10,14H,3-4,6-7,21H2. The molecule has 11 heteroatoms. The molecule has 0 saturated carbocycles. The van der Waals surface area contributed by atoms with E-state index in [2.05, 4.69) is 15.2 Å². The lowest BCUT2D eigenvalue weighted by Crippen LogP contribution is -2.50. The number of imidazole rings is 1. The van der Waals surface area contributed by atoms with Crippen molar-refractivity contribution in [2.45, 2.75) is 31.6 Å². The van der Waals surface area contributed by atoms with Gasteiger partial charge in [0.2, 0.25) is 5.95 Å². The highest BCUT2D eigenvalue weighted by Gasteiger charge is 2.29. The Morgan fingerprint density at radius 2 is 2.11 bits per heavy atom. The lowest BCUT2D eigenvalue weighted by atomic mass is 10.1. The Balaban J connectivity index is 1.75. The van der Waals surface area contributed by atoms with Gasteiger partial charge in [0.05, 0.1) is 23.6 Å². The zero-order chi connectivity index (χ0) is 19.1. The molecule has 1 fully saturated rings. The molecule has 144 valence electrons. The number of piperidine rings is 1. The molecular formula is C16H16F4N6S. The molecule has 1 aromatic carbocycles. The summed E-state index contributed by atoms with van der Waals surface area (Å²) in [6.45, 7) is 0.759. The van der Waals surface area contributed by atoms with Crippen molar-refractivity contribution in [2.75, 3.05) is 18.0 Å². The highest BCUT2D eigenvalue weighted by Crippen LogP contribution is 2.29. The second kappa shape index (κ2) is 7.04. The van der Waals surface area contributed by atoms with Gasteiger partial charge in [-0.3, -0.25) is 0 Å². The minimum Gasteiger partial charge on any atom is -0.340 e. The van der Waals surface area contributed by atoms with Crippen molar-refractivity contribution in [3.63, 3.8) is 0 Å². The summed E-state index contributed by atoms with van der Waals surface area (Å²) < 4.78 is 54.8. The van der Waals surface area contributed by atoms with Gasteiger partial charge in [-0.15, -0.1) is 10.2 Å². The van der Waals surface area contributed by atoms with Crippen LogP contribution in [0.1, 0.15) is 22.9 Å². The average molecular weight is 400 g/mol. The molecule has 0 spiro atoms. The number of rotatable bonds is 4. The smallest absolute Gasteiger partial charge is 0.291 e. The number of nitrogens with zero attached hydrogens (tertiary/aromatic N) is 5. The van der Waals surface area contributed by atoms with Crippen LogP contribution in [0.4, 0.5) is 23.5 Å². The van der Waals surface area contributed by atoms with Gasteiger partial charge in [0.25, 0.3) is 6.43 Å². The zero-order valence-corrected chi connectivity index (χ0v) is 14.8. The van der Waals surface area contributed by atoms with Gasteiger partial charge in [0, 0.05) is 13.1 Å². The molecular weight excluding hydrogens is 384 g/mol. The van der Waals surface area contributed by atoms with Crippen molar-refractivity contribution < 1.29 is 17.6 Å². The third-order valence-electron chi connectivity index (χ3n) is 4.51. The van der Waals surface area contributed by atoms with E-state index < -0.39 is 24.5 Å². The van der Waals surface area contributed by atoms with Crippen LogP contribution in [0.25, 0.3) is 11.0 Å². The van der Waals surface area contributed by atoms with E-state index in [0.717, 1.165) is 11.3 Å². The lowest BCUT2D eigenvalue weighted by molar-refractivity contribution is 0.150. The molecule has 2 unspecified atom stereocenters. The van der Waals surface area contributed by atoms with Gasteiger partial charge in [-0.25, -0.2) is 22.5 Å². The lowest BCUT2D eigenvalue weighted by Gasteiger charge is -2.34. The van der Waals surface area contributed by atoms with Crippen molar-refractivity contribution in [1.82, 2.24) is 19.7 Å². The molecule has 1 saturated heterocycles. The van der Waals surface area contributed by atoms with E-state index in [0.29, 0.717) is 28.5 Å². The van der Waals surface area contributed by atoms with Crippen LogP contribution in [0, 0.1) is 5.82 Å². The van der Waals surface area contributed by atoms with Crippen LogP contribution in [0.5, 0.6) is 0 Å². The van der Waals surface area contributed by atoms with E-state index in [1.807, 2.05) is 4.90 Å². The SMILES string of the molecule is NC1CN(c2nc3ccc(F)cc3n2Cc2nnc(C(F)F)s2)CCC1F. The van der Waals surface area contributed by atoms with Gasteiger partial charge >= 0.3 is 0 Å².